The summed E-state index contributed by atoms with van der Waals surface area (Å²) in [6.07, 6.45) is 2.25. The van der Waals surface area contributed by atoms with E-state index in [1.165, 1.54) is 6.07 Å². The topological polar surface area (TPSA) is 124 Å². The number of alkyl carbamates (subject to hydrolysis) is 1. The Balaban J connectivity index is 1.53. The van der Waals surface area contributed by atoms with Gasteiger partial charge in [0.25, 0.3) is 0 Å². The molecule has 1 aliphatic carbocycles. The van der Waals surface area contributed by atoms with E-state index in [2.05, 4.69) is 22.2 Å². The largest absolute Gasteiger partial charge is 0.441 e. The fourth-order valence-electron chi connectivity index (χ4n) is 5.56. The van der Waals surface area contributed by atoms with Crippen LogP contribution in [0, 0.1) is 40.7 Å². The summed E-state index contributed by atoms with van der Waals surface area (Å²) in [5.74, 6) is -2.64. The maximum absolute atomic E-state index is 14.2. The number of nitrogens with one attached hydrogen (secondary N) is 3. The number of H-pyrrole nitrogens is 1. The molecule has 1 saturated carbocycles. The molecular weight excluding hydrogens is 482 g/mol. The first kappa shape index (κ1) is 26.3. The summed E-state index contributed by atoms with van der Waals surface area (Å²) in [6.45, 7) is 6.49. The van der Waals surface area contributed by atoms with Crippen LogP contribution in [0.4, 0.5) is 13.6 Å². The van der Waals surface area contributed by atoms with Gasteiger partial charge in [-0.05, 0) is 37.3 Å². The lowest BCUT2D eigenvalue weighted by atomic mass is 9.84. The highest BCUT2D eigenvalue weighted by Crippen LogP contribution is 2.40. The highest BCUT2D eigenvalue weighted by atomic mass is 19.1. The van der Waals surface area contributed by atoms with Gasteiger partial charge in [0, 0.05) is 35.4 Å². The van der Waals surface area contributed by atoms with Crippen LogP contribution in [-0.2, 0) is 9.53 Å². The third kappa shape index (κ3) is 5.66. The normalized spacial score (nSPS) is 22.8. The summed E-state index contributed by atoms with van der Waals surface area (Å²) in [5.41, 5.74) is 0.146. The number of Topliss-reactive ketones (excluding diaryl/α,β-unsaturated/α-hetero) is 1. The van der Waals surface area contributed by atoms with Crippen LogP contribution in [0.1, 0.15) is 55.9 Å². The van der Waals surface area contributed by atoms with E-state index in [1.54, 1.807) is 0 Å². The maximum Gasteiger partial charge on any atom is 0.408 e. The van der Waals surface area contributed by atoms with E-state index < -0.39 is 35.7 Å². The van der Waals surface area contributed by atoms with E-state index in [9.17, 15) is 28.4 Å². The molecule has 0 spiro atoms. The van der Waals surface area contributed by atoms with E-state index in [0.29, 0.717) is 13.0 Å². The summed E-state index contributed by atoms with van der Waals surface area (Å²) in [7, 11) is 0. The van der Waals surface area contributed by atoms with Crippen molar-refractivity contribution in [1.29, 1.82) is 5.26 Å². The molecule has 1 saturated heterocycles. The van der Waals surface area contributed by atoms with E-state index in [1.807, 2.05) is 13.0 Å². The van der Waals surface area contributed by atoms with Crippen molar-refractivity contribution in [3.63, 3.8) is 0 Å². The molecule has 5 atom stereocenters. The van der Waals surface area contributed by atoms with Gasteiger partial charge in [-0.1, -0.05) is 32.8 Å². The predicted molar refractivity (Wildman–Crippen MR) is 131 cm³/mol. The van der Waals surface area contributed by atoms with Crippen molar-refractivity contribution in [2.75, 3.05) is 6.54 Å². The number of carbonyl (C=O) groups is 3. The first-order valence-electron chi connectivity index (χ1n) is 12.6. The van der Waals surface area contributed by atoms with Crippen molar-refractivity contribution in [2.24, 2.45) is 17.8 Å². The number of ether oxygens (including phenoxy) is 1. The molecule has 1 aromatic heterocycles. The number of hydrogen-bond acceptors (Lipinski definition) is 5. The second kappa shape index (κ2) is 11.1. The fraction of sp³-hybridized carbons (Fsp3) is 0.481. The SMILES string of the molecule is C=C(C(=O)c1cc2c(F)cc(F)cc2[nH]1)C(OC(=O)N[C@H](C#N)C[C@@H]1CCNC1=O)[C@H]1CCC[C@H]1CC. The lowest BCUT2D eigenvalue weighted by molar-refractivity contribution is -0.122. The Hall–Kier alpha value is -3.74. The van der Waals surface area contributed by atoms with Crippen LogP contribution in [0.25, 0.3) is 10.9 Å². The molecule has 2 aromatic rings. The van der Waals surface area contributed by atoms with Crippen molar-refractivity contribution in [3.05, 3.63) is 47.7 Å². The number of nitrogens with zero attached hydrogens (tertiary/aromatic N) is 1. The molecule has 0 radical (unpaired) electrons. The molecule has 2 fully saturated rings. The lowest BCUT2D eigenvalue weighted by Gasteiger charge is -2.29. The number of amides is 2. The summed E-state index contributed by atoms with van der Waals surface area (Å²) in [5, 5.41) is 14.8. The molecule has 1 aliphatic heterocycles. The number of fused-ring (bicyclic) bond motifs is 1. The molecule has 4 rings (SSSR count). The van der Waals surface area contributed by atoms with Crippen LogP contribution in [-0.4, -0.2) is 41.5 Å². The molecule has 3 N–H and O–H groups in total. The molecule has 10 heteroatoms. The zero-order chi connectivity index (χ0) is 26.7. The third-order valence-electron chi connectivity index (χ3n) is 7.53. The standard InChI is InChI=1S/C27H30F2N4O4/c1-3-15-5-4-6-19(15)25(37-27(36)32-18(13-30)9-16-7-8-31-26(16)35)14(2)24(34)23-12-20-21(29)10-17(28)11-22(20)33-23/h10-12,15-16,18-19,25,33H,2-9H2,1H3,(H,31,35)(H,32,36)/t15-,16+,18+,19+,25?/m1/s1. The Morgan fingerprint density at radius 1 is 1.27 bits per heavy atom. The Morgan fingerprint density at radius 3 is 2.73 bits per heavy atom. The number of nitriles is 1. The minimum atomic E-state index is -0.970. The smallest absolute Gasteiger partial charge is 0.408 e. The highest BCUT2D eigenvalue weighted by molar-refractivity contribution is 6.10. The molecule has 2 heterocycles. The Labute approximate surface area is 213 Å². The number of halogens is 2. The zero-order valence-corrected chi connectivity index (χ0v) is 20.6. The van der Waals surface area contributed by atoms with Gasteiger partial charge in [-0.15, -0.1) is 0 Å². The molecule has 196 valence electrons. The summed E-state index contributed by atoms with van der Waals surface area (Å²) >= 11 is 0. The Bertz CT molecular complexity index is 1270. The number of hydrogen-bond donors (Lipinski definition) is 3. The summed E-state index contributed by atoms with van der Waals surface area (Å²) in [6, 6.07) is 4.17. The Morgan fingerprint density at radius 2 is 2.05 bits per heavy atom. The summed E-state index contributed by atoms with van der Waals surface area (Å²) < 4.78 is 33.6. The number of carbonyl (C=O) groups excluding carboxylic acids is 3. The summed E-state index contributed by atoms with van der Waals surface area (Å²) in [4.78, 5) is 40.9. The minimum absolute atomic E-state index is 0.00620. The average molecular weight is 513 g/mol. The van der Waals surface area contributed by atoms with Gasteiger partial charge >= 0.3 is 6.09 Å². The molecular formula is C27H30F2N4O4. The van der Waals surface area contributed by atoms with Gasteiger partial charge in [-0.25, -0.2) is 13.6 Å². The van der Waals surface area contributed by atoms with Gasteiger partial charge in [-0.3, -0.25) is 9.59 Å². The van der Waals surface area contributed by atoms with Gasteiger partial charge in [0.15, 0.2) is 0 Å². The van der Waals surface area contributed by atoms with Crippen molar-refractivity contribution in [2.45, 2.75) is 57.6 Å². The molecule has 1 aromatic carbocycles. The van der Waals surface area contributed by atoms with E-state index >= 15 is 0 Å². The number of rotatable bonds is 9. The van der Waals surface area contributed by atoms with Crippen LogP contribution < -0.4 is 10.6 Å². The van der Waals surface area contributed by atoms with Crippen molar-refractivity contribution < 1.29 is 27.9 Å². The third-order valence-corrected chi connectivity index (χ3v) is 7.53. The highest BCUT2D eigenvalue weighted by Gasteiger charge is 2.39. The minimum Gasteiger partial charge on any atom is -0.441 e. The number of aromatic nitrogens is 1. The maximum atomic E-state index is 14.2. The lowest BCUT2D eigenvalue weighted by Crippen LogP contribution is -2.41. The first-order chi connectivity index (χ1) is 17.7. The van der Waals surface area contributed by atoms with Gasteiger partial charge in [0.1, 0.15) is 23.8 Å². The second-order valence-corrected chi connectivity index (χ2v) is 9.81. The van der Waals surface area contributed by atoms with Crippen LogP contribution in [0.2, 0.25) is 0 Å². The number of benzene rings is 1. The number of ketones is 1. The van der Waals surface area contributed by atoms with Gasteiger partial charge in [-0.2, -0.15) is 5.26 Å². The molecule has 8 nitrogen and oxygen atoms in total. The molecule has 2 amide bonds. The fourth-order valence-corrected chi connectivity index (χ4v) is 5.56. The quantitative estimate of drug-likeness (QED) is 0.337. The second-order valence-electron chi connectivity index (χ2n) is 9.81. The van der Waals surface area contributed by atoms with E-state index in [0.717, 1.165) is 37.8 Å². The number of aromatic amines is 1. The Kier molecular flexibility index (Phi) is 7.91. The van der Waals surface area contributed by atoms with Crippen LogP contribution >= 0.6 is 0 Å². The van der Waals surface area contributed by atoms with Crippen LogP contribution in [0.3, 0.4) is 0 Å². The monoisotopic (exact) mass is 512 g/mol. The van der Waals surface area contributed by atoms with E-state index in [4.69, 9.17) is 4.74 Å². The van der Waals surface area contributed by atoms with E-state index in [-0.39, 0.29) is 52.3 Å². The predicted octanol–water partition coefficient (Wildman–Crippen LogP) is 4.52. The van der Waals surface area contributed by atoms with Crippen molar-refractivity contribution >= 4 is 28.7 Å². The molecule has 37 heavy (non-hydrogen) atoms. The molecule has 0 bridgehead atoms. The van der Waals surface area contributed by atoms with Crippen LogP contribution in [0.5, 0.6) is 0 Å². The first-order valence-corrected chi connectivity index (χ1v) is 12.6. The molecule has 2 aliphatic rings. The molecule has 1 unspecified atom stereocenters. The average Bonchev–Trinajstić information content (AvgIpc) is 3.61. The van der Waals surface area contributed by atoms with Gasteiger partial charge < -0.3 is 20.4 Å². The van der Waals surface area contributed by atoms with Gasteiger partial charge in [0.05, 0.1) is 17.3 Å². The van der Waals surface area contributed by atoms with Crippen LogP contribution in [0.15, 0.2) is 30.4 Å². The van der Waals surface area contributed by atoms with Crippen molar-refractivity contribution in [1.82, 2.24) is 15.6 Å². The zero-order valence-electron chi connectivity index (χ0n) is 20.6. The van der Waals surface area contributed by atoms with Gasteiger partial charge in [0.2, 0.25) is 11.7 Å². The van der Waals surface area contributed by atoms with Crippen molar-refractivity contribution in [3.8, 4) is 6.07 Å².